The molecular formula is C11H20N2O3. The van der Waals surface area contributed by atoms with Gasteiger partial charge in [0, 0.05) is 6.54 Å². The van der Waals surface area contributed by atoms with Crippen LogP contribution in [0.1, 0.15) is 39.5 Å². The maximum atomic E-state index is 12.0. The first-order chi connectivity index (χ1) is 7.49. The Balaban J connectivity index is 2.94. The zero-order valence-electron chi connectivity index (χ0n) is 9.90. The molecule has 1 rings (SSSR count). The van der Waals surface area contributed by atoms with Crippen LogP contribution < -0.4 is 5.73 Å². The minimum Gasteiger partial charge on any atom is -0.479 e. The van der Waals surface area contributed by atoms with Crippen molar-refractivity contribution in [2.75, 3.05) is 6.54 Å². The van der Waals surface area contributed by atoms with Gasteiger partial charge in [0.15, 0.2) is 0 Å². The second kappa shape index (κ2) is 4.82. The molecule has 1 saturated heterocycles. The highest BCUT2D eigenvalue weighted by Gasteiger charge is 2.49. The second-order valence-corrected chi connectivity index (χ2v) is 4.30. The van der Waals surface area contributed by atoms with E-state index < -0.39 is 17.6 Å². The summed E-state index contributed by atoms with van der Waals surface area (Å²) < 4.78 is 0. The number of hydrogen-bond donors (Lipinski definition) is 2. The van der Waals surface area contributed by atoms with E-state index in [4.69, 9.17) is 5.73 Å². The average molecular weight is 228 g/mol. The minimum atomic E-state index is -1.02. The quantitative estimate of drug-likeness (QED) is 0.737. The molecule has 0 aromatic rings. The van der Waals surface area contributed by atoms with Gasteiger partial charge in [0.1, 0.15) is 5.54 Å². The lowest BCUT2D eigenvalue weighted by Gasteiger charge is -2.35. The Kier molecular flexibility index (Phi) is 3.91. The topological polar surface area (TPSA) is 83.6 Å². The molecule has 0 aromatic carbocycles. The molecular weight excluding hydrogens is 208 g/mol. The molecule has 1 fully saturated rings. The Bertz CT molecular complexity index is 293. The lowest BCUT2D eigenvalue weighted by Crippen LogP contribution is -2.56. The van der Waals surface area contributed by atoms with Crippen LogP contribution in [0.2, 0.25) is 0 Å². The SMILES string of the molecule is CC[C@H](N)C(=O)N1CCCC1(CC)C(=O)O. The first kappa shape index (κ1) is 13.0. The standard InChI is InChI=1S/C11H20N2O3/c1-3-8(12)9(14)13-7-5-6-11(13,4-2)10(15)16/h8H,3-7,12H2,1-2H3,(H,15,16)/t8-,11?/m0/s1. The number of carboxylic acid groups (broad SMARTS) is 1. The molecule has 0 radical (unpaired) electrons. The number of carboxylic acids is 1. The van der Waals surface area contributed by atoms with Crippen molar-refractivity contribution in [3.05, 3.63) is 0 Å². The number of carbonyl (C=O) groups excluding carboxylic acids is 1. The number of likely N-dealkylation sites (tertiary alicyclic amines) is 1. The lowest BCUT2D eigenvalue weighted by molar-refractivity contribution is -0.157. The van der Waals surface area contributed by atoms with Gasteiger partial charge >= 0.3 is 5.97 Å². The summed E-state index contributed by atoms with van der Waals surface area (Å²) in [6.07, 6.45) is 2.24. The number of nitrogens with two attached hydrogens (primary N) is 1. The maximum absolute atomic E-state index is 12.0. The summed E-state index contributed by atoms with van der Waals surface area (Å²) in [7, 11) is 0. The van der Waals surface area contributed by atoms with Crippen molar-refractivity contribution in [1.29, 1.82) is 0 Å². The number of amides is 1. The monoisotopic (exact) mass is 228 g/mol. The largest absolute Gasteiger partial charge is 0.479 e. The molecule has 5 nitrogen and oxygen atoms in total. The minimum absolute atomic E-state index is 0.232. The fraction of sp³-hybridized carbons (Fsp3) is 0.818. The predicted molar refractivity (Wildman–Crippen MR) is 59.9 cm³/mol. The van der Waals surface area contributed by atoms with E-state index in [1.54, 1.807) is 6.92 Å². The average Bonchev–Trinajstić information content (AvgIpc) is 2.71. The zero-order valence-corrected chi connectivity index (χ0v) is 9.90. The van der Waals surface area contributed by atoms with Gasteiger partial charge in [-0.05, 0) is 25.7 Å². The van der Waals surface area contributed by atoms with Crippen LogP contribution in [0.4, 0.5) is 0 Å². The number of rotatable bonds is 4. The summed E-state index contributed by atoms with van der Waals surface area (Å²) in [6.45, 7) is 4.14. The third-order valence-electron chi connectivity index (χ3n) is 3.49. The second-order valence-electron chi connectivity index (χ2n) is 4.30. The van der Waals surface area contributed by atoms with Gasteiger partial charge < -0.3 is 15.7 Å². The smallest absolute Gasteiger partial charge is 0.329 e. The summed E-state index contributed by atoms with van der Waals surface area (Å²) in [4.78, 5) is 24.8. The summed E-state index contributed by atoms with van der Waals surface area (Å²) in [5.74, 6) is -1.14. The maximum Gasteiger partial charge on any atom is 0.329 e. The molecule has 1 aliphatic heterocycles. The molecule has 92 valence electrons. The van der Waals surface area contributed by atoms with E-state index in [1.807, 2.05) is 6.92 Å². The van der Waals surface area contributed by atoms with Crippen LogP contribution in [0, 0.1) is 0 Å². The molecule has 1 heterocycles. The van der Waals surface area contributed by atoms with Gasteiger partial charge in [-0.1, -0.05) is 13.8 Å². The Morgan fingerprint density at radius 3 is 2.56 bits per heavy atom. The Hall–Kier alpha value is -1.10. The first-order valence-electron chi connectivity index (χ1n) is 5.80. The molecule has 1 unspecified atom stereocenters. The highest BCUT2D eigenvalue weighted by atomic mass is 16.4. The zero-order chi connectivity index (χ0) is 12.3. The fourth-order valence-electron chi connectivity index (χ4n) is 2.32. The normalized spacial score (nSPS) is 26.8. The van der Waals surface area contributed by atoms with Crippen LogP contribution in [0.25, 0.3) is 0 Å². The van der Waals surface area contributed by atoms with Gasteiger partial charge in [-0.15, -0.1) is 0 Å². The molecule has 16 heavy (non-hydrogen) atoms. The number of aliphatic carboxylic acids is 1. The first-order valence-corrected chi connectivity index (χ1v) is 5.80. The van der Waals surface area contributed by atoms with Crippen LogP contribution in [0.5, 0.6) is 0 Å². The molecule has 0 aromatic heterocycles. The van der Waals surface area contributed by atoms with Crippen LogP contribution >= 0.6 is 0 Å². The van der Waals surface area contributed by atoms with Crippen molar-refractivity contribution in [3.63, 3.8) is 0 Å². The Labute approximate surface area is 95.6 Å². The number of carbonyl (C=O) groups is 2. The van der Waals surface area contributed by atoms with E-state index in [1.165, 1.54) is 4.90 Å². The number of nitrogens with zero attached hydrogens (tertiary/aromatic N) is 1. The van der Waals surface area contributed by atoms with Crippen LogP contribution in [-0.4, -0.2) is 40.0 Å². The van der Waals surface area contributed by atoms with Gasteiger partial charge in [-0.3, -0.25) is 4.79 Å². The van der Waals surface area contributed by atoms with Crippen molar-refractivity contribution < 1.29 is 14.7 Å². The Morgan fingerprint density at radius 1 is 1.50 bits per heavy atom. The van der Waals surface area contributed by atoms with E-state index in [0.29, 0.717) is 25.8 Å². The highest BCUT2D eigenvalue weighted by molar-refractivity contribution is 5.90. The highest BCUT2D eigenvalue weighted by Crippen LogP contribution is 2.33. The molecule has 0 saturated carbocycles. The molecule has 0 bridgehead atoms. The van der Waals surface area contributed by atoms with Crippen molar-refractivity contribution >= 4 is 11.9 Å². The summed E-state index contributed by atoms with van der Waals surface area (Å²) >= 11 is 0. The Morgan fingerprint density at radius 2 is 2.12 bits per heavy atom. The molecule has 3 N–H and O–H groups in total. The molecule has 0 aliphatic carbocycles. The summed E-state index contributed by atoms with van der Waals surface area (Å²) in [5.41, 5.74) is 4.66. The van der Waals surface area contributed by atoms with E-state index in [-0.39, 0.29) is 5.91 Å². The van der Waals surface area contributed by atoms with Gasteiger partial charge in [-0.2, -0.15) is 0 Å². The van der Waals surface area contributed by atoms with E-state index in [0.717, 1.165) is 6.42 Å². The lowest BCUT2D eigenvalue weighted by atomic mass is 9.92. The fourth-order valence-corrected chi connectivity index (χ4v) is 2.32. The molecule has 2 atom stereocenters. The van der Waals surface area contributed by atoms with Crippen molar-refractivity contribution in [1.82, 2.24) is 4.90 Å². The van der Waals surface area contributed by atoms with Crippen molar-refractivity contribution in [2.45, 2.75) is 51.1 Å². The number of hydrogen-bond acceptors (Lipinski definition) is 3. The van der Waals surface area contributed by atoms with Gasteiger partial charge in [-0.25, -0.2) is 4.79 Å². The van der Waals surface area contributed by atoms with Crippen LogP contribution in [-0.2, 0) is 9.59 Å². The van der Waals surface area contributed by atoms with Crippen LogP contribution in [0.15, 0.2) is 0 Å². The van der Waals surface area contributed by atoms with Crippen molar-refractivity contribution in [2.24, 2.45) is 5.73 Å². The molecule has 0 spiro atoms. The van der Waals surface area contributed by atoms with E-state index in [9.17, 15) is 14.7 Å². The third kappa shape index (κ3) is 1.91. The van der Waals surface area contributed by atoms with Gasteiger partial charge in [0.2, 0.25) is 5.91 Å². The summed E-state index contributed by atoms with van der Waals surface area (Å²) in [5, 5.41) is 9.30. The van der Waals surface area contributed by atoms with E-state index >= 15 is 0 Å². The molecule has 5 heteroatoms. The summed E-state index contributed by atoms with van der Waals surface area (Å²) in [6, 6.07) is -0.580. The van der Waals surface area contributed by atoms with Crippen LogP contribution in [0.3, 0.4) is 0 Å². The molecule has 1 amide bonds. The van der Waals surface area contributed by atoms with E-state index in [2.05, 4.69) is 0 Å². The molecule has 1 aliphatic rings. The third-order valence-corrected chi connectivity index (χ3v) is 3.49. The van der Waals surface area contributed by atoms with Crippen molar-refractivity contribution in [3.8, 4) is 0 Å². The van der Waals surface area contributed by atoms with Gasteiger partial charge in [0.25, 0.3) is 0 Å². The van der Waals surface area contributed by atoms with Gasteiger partial charge in [0.05, 0.1) is 6.04 Å². The predicted octanol–water partition coefficient (Wildman–Crippen LogP) is 0.579.